The Bertz CT molecular complexity index is 701. The van der Waals surface area contributed by atoms with Gasteiger partial charge in [0, 0.05) is 17.6 Å². The number of hydrogen-bond acceptors (Lipinski definition) is 5. The summed E-state index contributed by atoms with van der Waals surface area (Å²) in [5.41, 5.74) is 0.490. The first-order valence-electron chi connectivity index (χ1n) is 9.52. The van der Waals surface area contributed by atoms with Gasteiger partial charge in [-0.3, -0.25) is 19.7 Å². The molecule has 1 aliphatic rings. The highest BCUT2D eigenvalue weighted by Crippen LogP contribution is 2.17. The summed E-state index contributed by atoms with van der Waals surface area (Å²) in [6.45, 7) is 3.06. The molecule has 0 aliphatic heterocycles. The van der Waals surface area contributed by atoms with Crippen LogP contribution < -0.4 is 16.0 Å². The minimum absolute atomic E-state index is 0.0831. The molecule has 1 fully saturated rings. The average Bonchev–Trinajstić information content (AvgIpc) is 3.14. The van der Waals surface area contributed by atoms with Gasteiger partial charge in [0.05, 0.1) is 6.42 Å². The smallest absolute Gasteiger partial charge is 0.321 e. The molecule has 0 saturated heterocycles. The lowest BCUT2D eigenvalue weighted by atomic mass is 10.2. The Morgan fingerprint density at radius 2 is 1.71 bits per heavy atom. The Labute approximate surface area is 164 Å². The van der Waals surface area contributed by atoms with E-state index in [1.807, 2.05) is 0 Å². The first kappa shape index (κ1) is 21.4. The zero-order valence-corrected chi connectivity index (χ0v) is 16.2. The van der Waals surface area contributed by atoms with Crippen LogP contribution in [0.25, 0.3) is 0 Å². The second-order valence-corrected chi connectivity index (χ2v) is 7.02. The fourth-order valence-electron chi connectivity index (χ4n) is 3.00. The van der Waals surface area contributed by atoms with E-state index < -0.39 is 30.1 Å². The highest BCUT2D eigenvalue weighted by atomic mass is 16.5. The summed E-state index contributed by atoms with van der Waals surface area (Å²) >= 11 is 0. The third-order valence-electron chi connectivity index (χ3n) is 4.49. The van der Waals surface area contributed by atoms with Crippen molar-refractivity contribution in [3.63, 3.8) is 0 Å². The molecule has 8 nitrogen and oxygen atoms in total. The number of ether oxygens (including phenoxy) is 1. The standard InChI is InChI=1S/C20H27N3O5/c1-13(21-19(26)15-8-4-3-5-9-15)12-17(24)28-14(2)18(25)23-20(27)22-16-10-6-7-11-16/h3-5,8-9,13-14,16H,6-7,10-12H2,1-2H3,(H,21,26)(H2,22,23,25,27). The minimum Gasteiger partial charge on any atom is -0.452 e. The average molecular weight is 389 g/mol. The molecule has 3 N–H and O–H groups in total. The molecule has 0 aromatic heterocycles. The summed E-state index contributed by atoms with van der Waals surface area (Å²) in [4.78, 5) is 47.9. The highest BCUT2D eigenvalue weighted by Gasteiger charge is 2.23. The Kier molecular flexibility index (Phi) is 7.98. The Morgan fingerprint density at radius 1 is 1.07 bits per heavy atom. The predicted octanol–water partition coefficient (Wildman–Crippen LogP) is 1.90. The number of urea groups is 1. The molecule has 2 unspecified atom stereocenters. The van der Waals surface area contributed by atoms with Crippen molar-refractivity contribution in [3.05, 3.63) is 35.9 Å². The second-order valence-electron chi connectivity index (χ2n) is 7.02. The molecular weight excluding hydrogens is 362 g/mol. The van der Waals surface area contributed by atoms with E-state index in [-0.39, 0.29) is 18.4 Å². The fraction of sp³-hybridized carbons (Fsp3) is 0.500. The fourth-order valence-corrected chi connectivity index (χ4v) is 3.00. The normalized spacial score (nSPS) is 15.9. The lowest BCUT2D eigenvalue weighted by Crippen LogP contribution is -2.47. The highest BCUT2D eigenvalue weighted by molar-refractivity contribution is 5.97. The second kappa shape index (κ2) is 10.4. The summed E-state index contributed by atoms with van der Waals surface area (Å²) in [5, 5.41) is 7.61. The monoisotopic (exact) mass is 389 g/mol. The van der Waals surface area contributed by atoms with Crippen molar-refractivity contribution >= 4 is 23.8 Å². The minimum atomic E-state index is -1.11. The van der Waals surface area contributed by atoms with Crippen LogP contribution in [0.2, 0.25) is 0 Å². The molecule has 1 aromatic rings. The van der Waals surface area contributed by atoms with Gasteiger partial charge in [-0.05, 0) is 38.8 Å². The maximum Gasteiger partial charge on any atom is 0.321 e. The van der Waals surface area contributed by atoms with Crippen LogP contribution in [0.15, 0.2) is 30.3 Å². The van der Waals surface area contributed by atoms with Crippen LogP contribution in [0.4, 0.5) is 4.79 Å². The SMILES string of the molecule is CC(CC(=O)OC(C)C(=O)NC(=O)NC1CCCC1)NC(=O)c1ccccc1. The van der Waals surface area contributed by atoms with Crippen LogP contribution >= 0.6 is 0 Å². The molecule has 1 aromatic carbocycles. The number of benzene rings is 1. The van der Waals surface area contributed by atoms with Crippen LogP contribution in [0, 0.1) is 0 Å². The first-order valence-corrected chi connectivity index (χ1v) is 9.52. The van der Waals surface area contributed by atoms with Crippen molar-refractivity contribution in [2.75, 3.05) is 0 Å². The van der Waals surface area contributed by atoms with E-state index in [1.54, 1.807) is 37.3 Å². The Hall–Kier alpha value is -2.90. The molecule has 0 bridgehead atoms. The lowest BCUT2D eigenvalue weighted by Gasteiger charge is -2.17. The van der Waals surface area contributed by atoms with Crippen LogP contribution in [0.3, 0.4) is 0 Å². The zero-order valence-electron chi connectivity index (χ0n) is 16.2. The third-order valence-corrected chi connectivity index (χ3v) is 4.49. The molecule has 152 valence electrons. The largest absolute Gasteiger partial charge is 0.452 e. The first-order chi connectivity index (χ1) is 13.3. The molecule has 0 spiro atoms. The van der Waals surface area contributed by atoms with E-state index >= 15 is 0 Å². The number of esters is 1. The van der Waals surface area contributed by atoms with Gasteiger partial charge in [0.2, 0.25) is 0 Å². The lowest BCUT2D eigenvalue weighted by molar-refractivity contribution is -0.154. The number of rotatable bonds is 7. The molecule has 8 heteroatoms. The Morgan fingerprint density at radius 3 is 2.36 bits per heavy atom. The van der Waals surface area contributed by atoms with Crippen LogP contribution in [0.1, 0.15) is 56.3 Å². The van der Waals surface area contributed by atoms with Gasteiger partial charge < -0.3 is 15.4 Å². The molecule has 2 rings (SSSR count). The maximum atomic E-state index is 12.1. The molecule has 4 amide bonds. The van der Waals surface area contributed by atoms with Crippen molar-refractivity contribution < 1.29 is 23.9 Å². The van der Waals surface area contributed by atoms with Gasteiger partial charge in [0.25, 0.3) is 11.8 Å². The van der Waals surface area contributed by atoms with Crippen LogP contribution in [0.5, 0.6) is 0 Å². The number of carbonyl (C=O) groups is 4. The van der Waals surface area contributed by atoms with E-state index in [1.165, 1.54) is 6.92 Å². The van der Waals surface area contributed by atoms with Gasteiger partial charge in [0.1, 0.15) is 0 Å². The summed E-state index contributed by atoms with van der Waals surface area (Å²) < 4.78 is 5.06. The van der Waals surface area contributed by atoms with Crippen molar-refractivity contribution in [2.24, 2.45) is 0 Å². The molecule has 0 radical (unpaired) electrons. The van der Waals surface area contributed by atoms with Gasteiger partial charge >= 0.3 is 12.0 Å². The predicted molar refractivity (Wildman–Crippen MR) is 102 cm³/mol. The molecule has 1 aliphatic carbocycles. The molecule has 0 heterocycles. The van der Waals surface area contributed by atoms with Crippen molar-refractivity contribution in [1.29, 1.82) is 0 Å². The van der Waals surface area contributed by atoms with Gasteiger partial charge in [-0.15, -0.1) is 0 Å². The topological polar surface area (TPSA) is 114 Å². The number of carbonyl (C=O) groups excluding carboxylic acids is 4. The molecular formula is C20H27N3O5. The van der Waals surface area contributed by atoms with E-state index in [4.69, 9.17) is 4.74 Å². The molecule has 1 saturated carbocycles. The third kappa shape index (κ3) is 7.02. The van der Waals surface area contributed by atoms with Crippen LogP contribution in [-0.4, -0.2) is 42.0 Å². The zero-order chi connectivity index (χ0) is 20.5. The van der Waals surface area contributed by atoms with E-state index in [0.29, 0.717) is 5.56 Å². The van der Waals surface area contributed by atoms with Crippen molar-refractivity contribution in [1.82, 2.24) is 16.0 Å². The van der Waals surface area contributed by atoms with E-state index in [2.05, 4.69) is 16.0 Å². The van der Waals surface area contributed by atoms with Gasteiger partial charge in [-0.1, -0.05) is 31.0 Å². The number of imide groups is 1. The van der Waals surface area contributed by atoms with Crippen LogP contribution in [-0.2, 0) is 14.3 Å². The van der Waals surface area contributed by atoms with Crippen molar-refractivity contribution in [3.8, 4) is 0 Å². The van der Waals surface area contributed by atoms with E-state index in [9.17, 15) is 19.2 Å². The summed E-state index contributed by atoms with van der Waals surface area (Å²) in [6.07, 6.45) is 2.72. The number of amides is 4. The summed E-state index contributed by atoms with van der Waals surface area (Å²) in [5.74, 6) is -1.63. The summed E-state index contributed by atoms with van der Waals surface area (Å²) in [7, 11) is 0. The maximum absolute atomic E-state index is 12.1. The quantitative estimate of drug-likeness (QED) is 0.616. The number of nitrogens with one attached hydrogen (secondary N) is 3. The Balaban J connectivity index is 1.71. The summed E-state index contributed by atoms with van der Waals surface area (Å²) in [6, 6.07) is 7.67. The van der Waals surface area contributed by atoms with Gasteiger partial charge in [-0.25, -0.2) is 4.79 Å². The van der Waals surface area contributed by atoms with Gasteiger partial charge in [0.15, 0.2) is 6.10 Å². The molecule has 2 atom stereocenters. The van der Waals surface area contributed by atoms with Gasteiger partial charge in [-0.2, -0.15) is 0 Å². The number of hydrogen-bond donors (Lipinski definition) is 3. The molecule has 28 heavy (non-hydrogen) atoms. The van der Waals surface area contributed by atoms with E-state index in [0.717, 1.165) is 25.7 Å². The van der Waals surface area contributed by atoms with Crippen molar-refractivity contribution in [2.45, 2.75) is 64.1 Å².